The predicted octanol–water partition coefficient (Wildman–Crippen LogP) is 2.21. The Morgan fingerprint density at radius 2 is 2.10 bits per heavy atom. The number of rotatable bonds is 3. The largest absolute Gasteiger partial charge is 0.441 e. The highest BCUT2D eigenvalue weighted by molar-refractivity contribution is 5.90. The maximum Gasteiger partial charge on any atom is 0.414 e. The van der Waals surface area contributed by atoms with Gasteiger partial charge in [-0.05, 0) is 35.9 Å². The molecule has 0 bridgehead atoms. The number of amides is 1. The van der Waals surface area contributed by atoms with Gasteiger partial charge in [-0.15, -0.1) is 0 Å². The fourth-order valence-corrected chi connectivity index (χ4v) is 2.26. The highest BCUT2D eigenvalue weighted by Crippen LogP contribution is 2.28. The van der Waals surface area contributed by atoms with Crippen LogP contribution in [0, 0.1) is 5.82 Å². The van der Waals surface area contributed by atoms with Crippen molar-refractivity contribution in [2.45, 2.75) is 6.10 Å². The maximum atomic E-state index is 14.2. The van der Waals surface area contributed by atoms with Crippen molar-refractivity contribution in [3.8, 4) is 11.1 Å². The molecule has 1 aromatic heterocycles. The van der Waals surface area contributed by atoms with E-state index in [4.69, 9.17) is 9.84 Å². The molecular weight excluding hydrogens is 275 g/mol. The molecule has 2 aromatic rings. The monoisotopic (exact) mass is 288 g/mol. The first-order chi connectivity index (χ1) is 10.2. The zero-order valence-corrected chi connectivity index (χ0v) is 11.1. The summed E-state index contributed by atoms with van der Waals surface area (Å²) in [6, 6.07) is 7.98. The van der Waals surface area contributed by atoms with E-state index in [2.05, 4.69) is 4.98 Å². The fraction of sp³-hybridized carbons (Fsp3) is 0.200. The van der Waals surface area contributed by atoms with E-state index >= 15 is 0 Å². The summed E-state index contributed by atoms with van der Waals surface area (Å²) in [5.74, 6) is -0.432. The minimum atomic E-state index is -0.579. The van der Waals surface area contributed by atoms with Gasteiger partial charge in [0.2, 0.25) is 0 Å². The summed E-state index contributed by atoms with van der Waals surface area (Å²) in [6.07, 6.45) is 2.03. The van der Waals surface area contributed by atoms with Crippen molar-refractivity contribution in [1.29, 1.82) is 0 Å². The predicted molar refractivity (Wildman–Crippen MR) is 74.3 cm³/mol. The second-order valence-corrected chi connectivity index (χ2v) is 4.70. The first kappa shape index (κ1) is 13.5. The Morgan fingerprint density at radius 3 is 2.71 bits per heavy atom. The van der Waals surface area contributed by atoms with Gasteiger partial charge < -0.3 is 9.84 Å². The zero-order valence-electron chi connectivity index (χ0n) is 11.1. The van der Waals surface area contributed by atoms with Crippen molar-refractivity contribution >= 4 is 11.8 Å². The molecule has 0 radical (unpaired) electrons. The molecule has 0 saturated carbocycles. The van der Waals surface area contributed by atoms with Crippen LogP contribution in [0.2, 0.25) is 0 Å². The molecule has 21 heavy (non-hydrogen) atoms. The van der Waals surface area contributed by atoms with E-state index in [1.807, 2.05) is 0 Å². The molecule has 6 heteroatoms. The van der Waals surface area contributed by atoms with Gasteiger partial charge in [0.15, 0.2) is 0 Å². The molecule has 1 aliphatic heterocycles. The summed E-state index contributed by atoms with van der Waals surface area (Å²) < 4.78 is 19.2. The van der Waals surface area contributed by atoms with Crippen LogP contribution < -0.4 is 4.90 Å². The minimum Gasteiger partial charge on any atom is -0.441 e. The number of halogens is 1. The van der Waals surface area contributed by atoms with E-state index in [0.717, 1.165) is 0 Å². The summed E-state index contributed by atoms with van der Waals surface area (Å²) in [5, 5.41) is 9.01. The van der Waals surface area contributed by atoms with Crippen LogP contribution in [0.3, 0.4) is 0 Å². The third kappa shape index (κ3) is 2.57. The lowest BCUT2D eigenvalue weighted by Crippen LogP contribution is -2.25. The SMILES string of the molecule is O=C1O[C@@H](CO)CN1c1ccc(-c2ccncc2)c(F)c1. The highest BCUT2D eigenvalue weighted by atomic mass is 19.1. The van der Waals surface area contributed by atoms with Crippen molar-refractivity contribution in [1.82, 2.24) is 4.98 Å². The fourth-order valence-electron chi connectivity index (χ4n) is 2.26. The Labute approximate surface area is 120 Å². The molecule has 108 valence electrons. The van der Waals surface area contributed by atoms with E-state index in [1.165, 1.54) is 11.0 Å². The summed E-state index contributed by atoms with van der Waals surface area (Å²) >= 11 is 0. The highest BCUT2D eigenvalue weighted by Gasteiger charge is 2.32. The lowest BCUT2D eigenvalue weighted by Gasteiger charge is -2.14. The van der Waals surface area contributed by atoms with Gasteiger partial charge in [0.25, 0.3) is 0 Å². The van der Waals surface area contributed by atoms with Gasteiger partial charge in [-0.25, -0.2) is 9.18 Å². The summed E-state index contributed by atoms with van der Waals surface area (Å²) in [5.41, 5.74) is 1.56. The Morgan fingerprint density at radius 1 is 1.33 bits per heavy atom. The van der Waals surface area contributed by atoms with Gasteiger partial charge in [0.05, 0.1) is 18.8 Å². The minimum absolute atomic E-state index is 0.212. The average molecular weight is 288 g/mol. The molecule has 1 fully saturated rings. The molecule has 5 nitrogen and oxygen atoms in total. The number of pyridine rings is 1. The Hall–Kier alpha value is -2.47. The number of carbonyl (C=O) groups is 1. The number of benzene rings is 1. The lowest BCUT2D eigenvalue weighted by molar-refractivity contribution is 0.0963. The van der Waals surface area contributed by atoms with Gasteiger partial charge in [0, 0.05) is 18.0 Å². The first-order valence-corrected chi connectivity index (χ1v) is 6.48. The maximum absolute atomic E-state index is 14.2. The molecule has 0 unspecified atom stereocenters. The number of aliphatic hydroxyl groups excluding tert-OH is 1. The number of carbonyl (C=O) groups excluding carboxylic acids is 1. The number of nitrogens with zero attached hydrogens (tertiary/aromatic N) is 2. The summed E-state index contributed by atoms with van der Waals surface area (Å²) in [4.78, 5) is 16.9. The molecule has 0 aliphatic carbocycles. The van der Waals surface area contributed by atoms with Crippen LogP contribution >= 0.6 is 0 Å². The average Bonchev–Trinajstić information content (AvgIpc) is 2.89. The van der Waals surface area contributed by atoms with E-state index in [1.54, 1.807) is 36.7 Å². The van der Waals surface area contributed by atoms with Crippen molar-refractivity contribution in [2.75, 3.05) is 18.1 Å². The van der Waals surface area contributed by atoms with Crippen LogP contribution in [0.25, 0.3) is 11.1 Å². The number of hydrogen-bond donors (Lipinski definition) is 1. The number of aromatic nitrogens is 1. The van der Waals surface area contributed by atoms with Crippen molar-refractivity contribution in [3.63, 3.8) is 0 Å². The van der Waals surface area contributed by atoms with Crippen LogP contribution in [-0.4, -0.2) is 35.4 Å². The van der Waals surface area contributed by atoms with E-state index in [0.29, 0.717) is 16.8 Å². The molecule has 3 rings (SSSR count). The van der Waals surface area contributed by atoms with Gasteiger partial charge in [-0.3, -0.25) is 9.88 Å². The quantitative estimate of drug-likeness (QED) is 0.940. The van der Waals surface area contributed by atoms with Crippen LogP contribution in [-0.2, 0) is 4.74 Å². The third-order valence-electron chi connectivity index (χ3n) is 3.33. The van der Waals surface area contributed by atoms with Gasteiger partial charge in [-0.2, -0.15) is 0 Å². The van der Waals surface area contributed by atoms with Crippen LogP contribution in [0.5, 0.6) is 0 Å². The van der Waals surface area contributed by atoms with Crippen LogP contribution in [0.1, 0.15) is 0 Å². The smallest absolute Gasteiger partial charge is 0.414 e. The topological polar surface area (TPSA) is 62.7 Å². The summed E-state index contributed by atoms with van der Waals surface area (Å²) in [7, 11) is 0. The number of aliphatic hydroxyl groups is 1. The molecule has 1 aliphatic rings. The number of anilines is 1. The normalized spacial score (nSPS) is 17.9. The third-order valence-corrected chi connectivity index (χ3v) is 3.33. The molecule has 1 atom stereocenters. The standard InChI is InChI=1S/C15H13FN2O3/c16-14-7-11(18-8-12(9-19)21-15(18)20)1-2-13(14)10-3-5-17-6-4-10/h1-7,12,19H,8-9H2/t12-/m1/s1. The Kier molecular flexibility index (Phi) is 3.53. The van der Waals surface area contributed by atoms with Crippen LogP contribution in [0.15, 0.2) is 42.7 Å². The molecule has 1 saturated heterocycles. The van der Waals surface area contributed by atoms with Gasteiger partial charge in [0.1, 0.15) is 11.9 Å². The summed E-state index contributed by atoms with van der Waals surface area (Å²) in [6.45, 7) is -0.0385. The van der Waals surface area contributed by atoms with Crippen molar-refractivity contribution < 1.29 is 19.0 Å². The lowest BCUT2D eigenvalue weighted by atomic mass is 10.1. The molecule has 1 amide bonds. The number of ether oxygens (including phenoxy) is 1. The van der Waals surface area contributed by atoms with Gasteiger partial charge in [-0.1, -0.05) is 0 Å². The second kappa shape index (κ2) is 5.49. The number of hydrogen-bond acceptors (Lipinski definition) is 4. The Bertz CT molecular complexity index is 663. The van der Waals surface area contributed by atoms with Gasteiger partial charge >= 0.3 is 6.09 Å². The molecule has 1 N–H and O–H groups in total. The first-order valence-electron chi connectivity index (χ1n) is 6.48. The van der Waals surface area contributed by atoms with Crippen molar-refractivity contribution in [2.24, 2.45) is 0 Å². The molecule has 2 heterocycles. The Balaban J connectivity index is 1.90. The second-order valence-electron chi connectivity index (χ2n) is 4.70. The van der Waals surface area contributed by atoms with E-state index < -0.39 is 18.0 Å². The van der Waals surface area contributed by atoms with E-state index in [-0.39, 0.29) is 13.2 Å². The molecule has 1 aromatic carbocycles. The number of cyclic esters (lactones) is 1. The molecule has 0 spiro atoms. The molecular formula is C15H13FN2O3. The zero-order chi connectivity index (χ0) is 14.8. The van der Waals surface area contributed by atoms with Crippen LogP contribution in [0.4, 0.5) is 14.9 Å². The van der Waals surface area contributed by atoms with E-state index in [9.17, 15) is 9.18 Å². The van der Waals surface area contributed by atoms with Crippen molar-refractivity contribution in [3.05, 3.63) is 48.5 Å².